The Bertz CT molecular complexity index is 450. The van der Waals surface area contributed by atoms with Crippen molar-refractivity contribution in [1.29, 1.82) is 0 Å². The zero-order chi connectivity index (χ0) is 15.3. The molecule has 0 aliphatic carbocycles. The molecular weight excluding hydrogens is 260 g/mol. The smallest absolute Gasteiger partial charge is 0.228 e. The molecule has 0 aromatic heterocycles. The van der Waals surface area contributed by atoms with Crippen LogP contribution in [0.3, 0.4) is 0 Å². The number of hydrogen-bond donors (Lipinski definition) is 1. The number of rotatable bonds is 5. The van der Waals surface area contributed by atoms with Crippen LogP contribution in [-0.4, -0.2) is 30.4 Å². The molecule has 1 aliphatic rings. The Morgan fingerprint density at radius 3 is 2.62 bits per heavy atom. The van der Waals surface area contributed by atoms with Gasteiger partial charge in [-0.3, -0.25) is 4.79 Å². The largest absolute Gasteiger partial charge is 0.338 e. The molecule has 116 valence electrons. The van der Waals surface area contributed by atoms with Gasteiger partial charge in [-0.1, -0.05) is 44.2 Å². The Kier molecular flexibility index (Phi) is 5.40. The lowest BCUT2D eigenvalue weighted by Gasteiger charge is -2.39. The molecule has 1 aromatic carbocycles. The molecule has 1 fully saturated rings. The molecule has 0 bridgehead atoms. The van der Waals surface area contributed by atoms with Crippen LogP contribution < -0.4 is 5.32 Å². The number of carbonyl (C=O) groups excluding carboxylic acids is 1. The second-order valence-corrected chi connectivity index (χ2v) is 6.57. The summed E-state index contributed by atoms with van der Waals surface area (Å²) in [5.41, 5.74) is 0.906. The van der Waals surface area contributed by atoms with Crippen molar-refractivity contribution in [3.63, 3.8) is 0 Å². The van der Waals surface area contributed by atoms with Gasteiger partial charge in [0.2, 0.25) is 5.91 Å². The third-order valence-electron chi connectivity index (χ3n) is 4.75. The topological polar surface area (TPSA) is 32.3 Å². The lowest BCUT2D eigenvalue weighted by atomic mass is 9.74. The summed E-state index contributed by atoms with van der Waals surface area (Å²) in [7, 11) is 0. The van der Waals surface area contributed by atoms with E-state index in [0.29, 0.717) is 12.5 Å². The first-order valence-corrected chi connectivity index (χ1v) is 8.09. The SMILES string of the molecule is CCN(Cc1ccccc1)C(=O)C(C)(C)C1CCCNC1. The van der Waals surface area contributed by atoms with Crippen LogP contribution in [0.25, 0.3) is 0 Å². The number of benzene rings is 1. The van der Waals surface area contributed by atoms with Crippen LogP contribution in [0, 0.1) is 11.3 Å². The van der Waals surface area contributed by atoms with Gasteiger partial charge in [0.1, 0.15) is 0 Å². The van der Waals surface area contributed by atoms with Gasteiger partial charge in [0.25, 0.3) is 0 Å². The van der Waals surface area contributed by atoms with E-state index in [4.69, 9.17) is 0 Å². The normalized spacial score (nSPS) is 19.3. The van der Waals surface area contributed by atoms with Crippen molar-refractivity contribution in [3.8, 4) is 0 Å². The van der Waals surface area contributed by atoms with Crippen molar-refractivity contribution < 1.29 is 4.79 Å². The standard InChI is InChI=1S/C18H28N2O/c1-4-20(14-15-9-6-5-7-10-15)17(21)18(2,3)16-11-8-12-19-13-16/h5-7,9-10,16,19H,4,8,11-14H2,1-3H3. The zero-order valence-corrected chi connectivity index (χ0v) is 13.6. The van der Waals surface area contributed by atoms with Crippen LogP contribution in [0.15, 0.2) is 30.3 Å². The Morgan fingerprint density at radius 1 is 1.33 bits per heavy atom. The number of hydrogen-bond acceptors (Lipinski definition) is 2. The van der Waals surface area contributed by atoms with Gasteiger partial charge >= 0.3 is 0 Å². The average molecular weight is 288 g/mol. The minimum atomic E-state index is -0.293. The summed E-state index contributed by atoms with van der Waals surface area (Å²) in [6, 6.07) is 10.3. The Labute approximate surface area is 128 Å². The molecule has 1 atom stereocenters. The second kappa shape index (κ2) is 7.08. The van der Waals surface area contributed by atoms with E-state index < -0.39 is 0 Å². The first-order chi connectivity index (χ1) is 10.1. The number of amides is 1. The highest BCUT2D eigenvalue weighted by molar-refractivity contribution is 5.82. The van der Waals surface area contributed by atoms with Crippen molar-refractivity contribution in [1.82, 2.24) is 10.2 Å². The number of carbonyl (C=O) groups is 1. The molecular formula is C18H28N2O. The van der Waals surface area contributed by atoms with Gasteiger partial charge in [0.15, 0.2) is 0 Å². The first-order valence-electron chi connectivity index (χ1n) is 8.09. The van der Waals surface area contributed by atoms with Crippen molar-refractivity contribution in [2.75, 3.05) is 19.6 Å². The Balaban J connectivity index is 2.07. The molecule has 21 heavy (non-hydrogen) atoms. The highest BCUT2D eigenvalue weighted by Gasteiger charge is 2.39. The van der Waals surface area contributed by atoms with E-state index in [0.717, 1.165) is 26.1 Å². The van der Waals surface area contributed by atoms with E-state index in [9.17, 15) is 4.79 Å². The molecule has 3 nitrogen and oxygen atoms in total. The zero-order valence-electron chi connectivity index (χ0n) is 13.6. The summed E-state index contributed by atoms with van der Waals surface area (Å²) in [6.07, 6.45) is 2.32. The maximum absolute atomic E-state index is 13.0. The Morgan fingerprint density at radius 2 is 2.05 bits per heavy atom. The molecule has 1 heterocycles. The maximum Gasteiger partial charge on any atom is 0.228 e. The Hall–Kier alpha value is -1.35. The molecule has 1 unspecified atom stereocenters. The average Bonchev–Trinajstić information content (AvgIpc) is 2.53. The molecule has 1 aromatic rings. The van der Waals surface area contributed by atoms with Gasteiger partial charge in [0.05, 0.1) is 0 Å². The summed E-state index contributed by atoms with van der Waals surface area (Å²) in [4.78, 5) is 15.0. The van der Waals surface area contributed by atoms with Crippen molar-refractivity contribution in [3.05, 3.63) is 35.9 Å². The molecule has 1 N–H and O–H groups in total. The van der Waals surface area contributed by atoms with Crippen molar-refractivity contribution in [2.45, 2.75) is 40.2 Å². The minimum Gasteiger partial charge on any atom is -0.338 e. The van der Waals surface area contributed by atoms with Crippen LogP contribution in [-0.2, 0) is 11.3 Å². The maximum atomic E-state index is 13.0. The summed E-state index contributed by atoms with van der Waals surface area (Å²) < 4.78 is 0. The van der Waals surface area contributed by atoms with E-state index in [1.807, 2.05) is 23.1 Å². The molecule has 1 amide bonds. The summed E-state index contributed by atoms with van der Waals surface area (Å²) in [5.74, 6) is 0.714. The summed E-state index contributed by atoms with van der Waals surface area (Å²) >= 11 is 0. The fourth-order valence-electron chi connectivity index (χ4n) is 3.18. The third kappa shape index (κ3) is 3.85. The van der Waals surface area contributed by atoms with Gasteiger partial charge < -0.3 is 10.2 Å². The fraction of sp³-hybridized carbons (Fsp3) is 0.611. The van der Waals surface area contributed by atoms with E-state index in [1.165, 1.54) is 12.0 Å². The molecule has 1 aliphatic heterocycles. The fourth-order valence-corrected chi connectivity index (χ4v) is 3.18. The van der Waals surface area contributed by atoms with Gasteiger partial charge in [-0.2, -0.15) is 0 Å². The molecule has 0 radical (unpaired) electrons. The van der Waals surface area contributed by atoms with Gasteiger partial charge in [0, 0.05) is 18.5 Å². The summed E-state index contributed by atoms with van der Waals surface area (Å²) in [6.45, 7) is 9.80. The number of nitrogens with zero attached hydrogens (tertiary/aromatic N) is 1. The van der Waals surface area contributed by atoms with Crippen LogP contribution >= 0.6 is 0 Å². The number of nitrogens with one attached hydrogen (secondary N) is 1. The monoisotopic (exact) mass is 288 g/mol. The lowest BCUT2D eigenvalue weighted by molar-refractivity contribution is -0.144. The third-order valence-corrected chi connectivity index (χ3v) is 4.75. The minimum absolute atomic E-state index is 0.280. The lowest BCUT2D eigenvalue weighted by Crippen LogP contribution is -2.48. The van der Waals surface area contributed by atoms with Crippen LogP contribution in [0.5, 0.6) is 0 Å². The summed E-state index contributed by atoms with van der Waals surface area (Å²) in [5, 5.41) is 3.43. The first kappa shape index (κ1) is 16.0. The van der Waals surface area contributed by atoms with Crippen LogP contribution in [0.4, 0.5) is 0 Å². The quantitative estimate of drug-likeness (QED) is 0.903. The second-order valence-electron chi connectivity index (χ2n) is 6.57. The van der Waals surface area contributed by atoms with Gasteiger partial charge in [-0.05, 0) is 44.3 Å². The highest BCUT2D eigenvalue weighted by atomic mass is 16.2. The van der Waals surface area contributed by atoms with Crippen molar-refractivity contribution >= 4 is 5.91 Å². The van der Waals surface area contributed by atoms with Crippen molar-refractivity contribution in [2.24, 2.45) is 11.3 Å². The molecule has 0 spiro atoms. The van der Waals surface area contributed by atoms with Gasteiger partial charge in [-0.25, -0.2) is 0 Å². The number of piperidine rings is 1. The van der Waals surface area contributed by atoms with E-state index in [2.05, 4.69) is 38.2 Å². The van der Waals surface area contributed by atoms with E-state index in [-0.39, 0.29) is 11.3 Å². The molecule has 0 saturated carbocycles. The van der Waals surface area contributed by atoms with E-state index in [1.54, 1.807) is 0 Å². The molecule has 1 saturated heterocycles. The molecule has 3 heteroatoms. The molecule has 2 rings (SSSR count). The predicted octanol–water partition coefficient (Wildman–Crippen LogP) is 3.06. The van der Waals surface area contributed by atoms with Crippen LogP contribution in [0.2, 0.25) is 0 Å². The predicted molar refractivity (Wildman–Crippen MR) is 86.9 cm³/mol. The van der Waals surface area contributed by atoms with Crippen LogP contribution in [0.1, 0.15) is 39.2 Å². The van der Waals surface area contributed by atoms with E-state index >= 15 is 0 Å². The highest BCUT2D eigenvalue weighted by Crippen LogP contribution is 2.34. The van der Waals surface area contributed by atoms with Gasteiger partial charge in [-0.15, -0.1) is 0 Å².